The molecule has 2 heteroatoms. The number of rotatable bonds is 5. The second-order valence-corrected chi connectivity index (χ2v) is 6.67. The lowest BCUT2D eigenvalue weighted by Gasteiger charge is -2.21. The smallest absolute Gasteiger partial charge is 0.225 e. The van der Waals surface area contributed by atoms with Gasteiger partial charge in [0.15, 0.2) is 0 Å². The number of benzene rings is 2. The van der Waals surface area contributed by atoms with Gasteiger partial charge in [-0.25, -0.2) is 0 Å². The zero-order valence-corrected chi connectivity index (χ0v) is 13.7. The van der Waals surface area contributed by atoms with E-state index in [1.54, 1.807) is 0 Å². The van der Waals surface area contributed by atoms with Gasteiger partial charge in [-0.1, -0.05) is 81.4 Å². The Morgan fingerprint density at radius 2 is 1.36 bits per heavy atom. The molecule has 2 aromatic rings. The van der Waals surface area contributed by atoms with Gasteiger partial charge >= 0.3 is 0 Å². The maximum atomic E-state index is 12.0. The molecule has 0 aliphatic rings. The molecule has 2 nitrogen and oxygen atoms in total. The minimum Gasteiger partial charge on any atom is -0.356 e. The van der Waals surface area contributed by atoms with Gasteiger partial charge in [0.25, 0.3) is 0 Å². The van der Waals surface area contributed by atoms with Crippen molar-refractivity contribution in [3.63, 3.8) is 0 Å². The summed E-state index contributed by atoms with van der Waals surface area (Å²) >= 11 is 0. The molecule has 0 bridgehead atoms. The van der Waals surface area contributed by atoms with E-state index in [4.69, 9.17) is 0 Å². The van der Waals surface area contributed by atoms with Crippen molar-refractivity contribution in [2.24, 2.45) is 5.41 Å². The van der Waals surface area contributed by atoms with Crippen molar-refractivity contribution in [1.29, 1.82) is 0 Å². The molecule has 2 rings (SSSR count). The fourth-order valence-corrected chi connectivity index (χ4v) is 2.49. The third-order valence-electron chi connectivity index (χ3n) is 3.80. The van der Waals surface area contributed by atoms with Crippen LogP contribution in [0, 0.1) is 5.41 Å². The highest BCUT2D eigenvalue weighted by Gasteiger charge is 2.21. The molecule has 0 saturated carbocycles. The SMILES string of the molecule is CC(C)(C)C(=O)NCCC(c1ccccc1)c1ccccc1. The Labute approximate surface area is 133 Å². The van der Waals surface area contributed by atoms with Crippen LogP contribution in [0.15, 0.2) is 60.7 Å². The fraction of sp³-hybridized carbons (Fsp3) is 0.350. The van der Waals surface area contributed by atoms with Crippen LogP contribution in [0.4, 0.5) is 0 Å². The van der Waals surface area contributed by atoms with Gasteiger partial charge in [-0.05, 0) is 17.5 Å². The lowest BCUT2D eigenvalue weighted by molar-refractivity contribution is -0.128. The molecule has 1 N–H and O–H groups in total. The summed E-state index contributed by atoms with van der Waals surface area (Å²) in [6.07, 6.45) is 0.899. The Morgan fingerprint density at radius 1 is 0.909 bits per heavy atom. The van der Waals surface area contributed by atoms with E-state index in [1.807, 2.05) is 32.9 Å². The predicted molar refractivity (Wildman–Crippen MR) is 91.8 cm³/mol. The molecule has 0 atom stereocenters. The van der Waals surface area contributed by atoms with E-state index in [-0.39, 0.29) is 11.3 Å². The van der Waals surface area contributed by atoms with Gasteiger partial charge in [-0.15, -0.1) is 0 Å². The number of hydrogen-bond donors (Lipinski definition) is 1. The summed E-state index contributed by atoms with van der Waals surface area (Å²) in [6, 6.07) is 21.0. The van der Waals surface area contributed by atoms with Gasteiger partial charge in [0.05, 0.1) is 0 Å². The fourth-order valence-electron chi connectivity index (χ4n) is 2.49. The summed E-state index contributed by atoms with van der Waals surface area (Å²) < 4.78 is 0. The van der Waals surface area contributed by atoms with Crippen molar-refractivity contribution in [3.05, 3.63) is 71.8 Å². The monoisotopic (exact) mass is 295 g/mol. The Balaban J connectivity index is 2.09. The maximum Gasteiger partial charge on any atom is 0.225 e. The lowest BCUT2D eigenvalue weighted by atomic mass is 9.88. The Bertz CT molecular complexity index is 545. The van der Waals surface area contributed by atoms with Crippen molar-refractivity contribution < 1.29 is 4.79 Å². The van der Waals surface area contributed by atoms with Crippen molar-refractivity contribution in [3.8, 4) is 0 Å². The average Bonchev–Trinajstić information content (AvgIpc) is 2.52. The summed E-state index contributed by atoms with van der Waals surface area (Å²) in [6.45, 7) is 6.50. The Hall–Kier alpha value is -2.09. The van der Waals surface area contributed by atoms with E-state index >= 15 is 0 Å². The topological polar surface area (TPSA) is 29.1 Å². The van der Waals surface area contributed by atoms with E-state index < -0.39 is 0 Å². The number of carbonyl (C=O) groups excluding carboxylic acids is 1. The van der Waals surface area contributed by atoms with Gasteiger partial charge < -0.3 is 5.32 Å². The lowest BCUT2D eigenvalue weighted by Crippen LogP contribution is -2.35. The quantitative estimate of drug-likeness (QED) is 0.872. The van der Waals surface area contributed by atoms with Crippen LogP contribution in [-0.2, 0) is 4.79 Å². The summed E-state index contributed by atoms with van der Waals surface area (Å²) in [7, 11) is 0. The van der Waals surface area contributed by atoms with E-state index in [2.05, 4.69) is 53.8 Å². The van der Waals surface area contributed by atoms with Crippen LogP contribution < -0.4 is 5.32 Å². The van der Waals surface area contributed by atoms with E-state index in [1.165, 1.54) is 11.1 Å². The summed E-state index contributed by atoms with van der Waals surface area (Å²) in [4.78, 5) is 12.0. The summed E-state index contributed by atoms with van der Waals surface area (Å²) in [5, 5.41) is 3.05. The van der Waals surface area contributed by atoms with E-state index in [0.29, 0.717) is 12.5 Å². The van der Waals surface area contributed by atoms with Gasteiger partial charge in [0.1, 0.15) is 0 Å². The van der Waals surface area contributed by atoms with Crippen molar-refractivity contribution in [1.82, 2.24) is 5.32 Å². The van der Waals surface area contributed by atoms with Crippen LogP contribution in [0.5, 0.6) is 0 Å². The molecule has 0 saturated heterocycles. The number of hydrogen-bond acceptors (Lipinski definition) is 1. The maximum absolute atomic E-state index is 12.0. The average molecular weight is 295 g/mol. The van der Waals surface area contributed by atoms with Crippen LogP contribution in [-0.4, -0.2) is 12.5 Å². The third kappa shape index (κ3) is 4.45. The number of amides is 1. The molecule has 0 aromatic heterocycles. The van der Waals surface area contributed by atoms with Gasteiger partial charge in [0.2, 0.25) is 5.91 Å². The first-order chi connectivity index (χ1) is 10.5. The normalized spacial score (nSPS) is 11.5. The summed E-state index contributed by atoms with van der Waals surface area (Å²) in [5.74, 6) is 0.412. The molecule has 0 spiro atoms. The van der Waals surface area contributed by atoms with Gasteiger partial charge in [-0.3, -0.25) is 4.79 Å². The van der Waals surface area contributed by atoms with E-state index in [0.717, 1.165) is 6.42 Å². The predicted octanol–water partition coefficient (Wildman–Crippen LogP) is 4.37. The first-order valence-corrected chi connectivity index (χ1v) is 7.86. The molecule has 2 aromatic carbocycles. The van der Waals surface area contributed by atoms with Crippen LogP contribution in [0.1, 0.15) is 44.2 Å². The Morgan fingerprint density at radius 3 is 1.77 bits per heavy atom. The first kappa shape index (κ1) is 16.3. The summed E-state index contributed by atoms with van der Waals surface area (Å²) in [5.41, 5.74) is 2.24. The van der Waals surface area contributed by atoms with Crippen molar-refractivity contribution in [2.45, 2.75) is 33.1 Å². The van der Waals surface area contributed by atoms with E-state index in [9.17, 15) is 4.79 Å². The number of carbonyl (C=O) groups is 1. The minimum absolute atomic E-state index is 0.104. The Kier molecular flexibility index (Phi) is 5.37. The molecular weight excluding hydrogens is 270 g/mol. The molecule has 116 valence electrons. The van der Waals surface area contributed by atoms with Gasteiger partial charge in [0, 0.05) is 17.9 Å². The molecule has 0 unspecified atom stereocenters. The second-order valence-electron chi connectivity index (χ2n) is 6.67. The first-order valence-electron chi connectivity index (χ1n) is 7.86. The molecule has 0 aliphatic heterocycles. The zero-order valence-electron chi connectivity index (χ0n) is 13.7. The van der Waals surface area contributed by atoms with Crippen LogP contribution in [0.3, 0.4) is 0 Å². The zero-order chi connectivity index (χ0) is 16.0. The van der Waals surface area contributed by atoms with Crippen LogP contribution in [0.25, 0.3) is 0 Å². The minimum atomic E-state index is -0.338. The molecular formula is C20H25NO. The molecule has 22 heavy (non-hydrogen) atoms. The highest BCUT2D eigenvalue weighted by Crippen LogP contribution is 2.27. The highest BCUT2D eigenvalue weighted by atomic mass is 16.2. The molecule has 0 radical (unpaired) electrons. The third-order valence-corrected chi connectivity index (χ3v) is 3.80. The standard InChI is InChI=1S/C20H25NO/c1-20(2,3)19(22)21-15-14-18(16-10-6-4-7-11-16)17-12-8-5-9-13-17/h4-13,18H,14-15H2,1-3H3,(H,21,22). The van der Waals surface area contributed by atoms with Crippen molar-refractivity contribution >= 4 is 5.91 Å². The second kappa shape index (κ2) is 7.26. The van der Waals surface area contributed by atoms with Crippen molar-refractivity contribution in [2.75, 3.05) is 6.54 Å². The molecule has 0 fully saturated rings. The van der Waals surface area contributed by atoms with Crippen LogP contribution >= 0.6 is 0 Å². The molecule has 0 aliphatic carbocycles. The molecule has 1 amide bonds. The largest absolute Gasteiger partial charge is 0.356 e. The van der Waals surface area contributed by atoms with Crippen LogP contribution in [0.2, 0.25) is 0 Å². The van der Waals surface area contributed by atoms with Gasteiger partial charge in [-0.2, -0.15) is 0 Å². The molecule has 0 heterocycles. The number of nitrogens with one attached hydrogen (secondary N) is 1. The highest BCUT2D eigenvalue weighted by molar-refractivity contribution is 5.81.